The fourth-order valence-corrected chi connectivity index (χ4v) is 3.93. The summed E-state index contributed by atoms with van der Waals surface area (Å²) in [6.07, 6.45) is 0.904. The second-order valence-corrected chi connectivity index (χ2v) is 9.10. The Morgan fingerprint density at radius 1 is 1.12 bits per heavy atom. The number of nitrogens with zero attached hydrogens (tertiary/aromatic N) is 2. The van der Waals surface area contributed by atoms with Gasteiger partial charge < -0.3 is 14.3 Å². The Morgan fingerprint density at radius 2 is 1.88 bits per heavy atom. The van der Waals surface area contributed by atoms with E-state index in [9.17, 15) is 17.6 Å². The molecular weight excluding hydrogens is 439 g/mol. The van der Waals surface area contributed by atoms with Gasteiger partial charge in [-0.15, -0.1) is 0 Å². The number of sulfonamides is 1. The number of hydrogen-bond acceptors (Lipinski definition) is 7. The molecule has 3 aromatic heterocycles. The largest absolute Gasteiger partial charge is 0.466 e. The Balaban J connectivity index is 1.76. The van der Waals surface area contributed by atoms with Gasteiger partial charge in [0.1, 0.15) is 17.3 Å². The third-order valence-electron chi connectivity index (χ3n) is 4.70. The van der Waals surface area contributed by atoms with E-state index >= 15 is 0 Å². The first-order valence-electron chi connectivity index (χ1n) is 9.45. The highest BCUT2D eigenvalue weighted by molar-refractivity contribution is 7.92. The highest BCUT2D eigenvalue weighted by Crippen LogP contribution is 2.31. The number of benzene rings is 1. The molecule has 4 rings (SSSR count). The number of aryl methyl sites for hydroxylation is 3. The molecule has 0 bridgehead atoms. The number of furan rings is 1. The van der Waals surface area contributed by atoms with Crippen LogP contribution in [0.15, 0.2) is 39.3 Å². The number of carbonyl (C=O) groups excluding carboxylic acids is 1. The lowest BCUT2D eigenvalue weighted by atomic mass is 10.1. The zero-order valence-corrected chi connectivity index (χ0v) is 18.4. The minimum absolute atomic E-state index is 0.182. The Labute approximate surface area is 182 Å². The number of carbonyl (C=O) groups is 1. The van der Waals surface area contributed by atoms with Crippen molar-refractivity contribution in [2.24, 2.45) is 0 Å². The van der Waals surface area contributed by atoms with Crippen LogP contribution in [0.25, 0.3) is 22.4 Å². The normalized spacial score (nSPS) is 11.7. The van der Waals surface area contributed by atoms with E-state index in [1.54, 1.807) is 32.9 Å². The van der Waals surface area contributed by atoms with Crippen LogP contribution in [0.3, 0.4) is 0 Å². The van der Waals surface area contributed by atoms with E-state index in [2.05, 4.69) is 20.2 Å². The minimum atomic E-state index is -3.70. The smallest absolute Gasteiger partial charge is 0.259 e. The molecule has 1 aromatic carbocycles. The first-order chi connectivity index (χ1) is 15.0. The number of anilines is 2. The number of fused-ring (bicyclic) bond motifs is 1. The number of amides is 1. The van der Waals surface area contributed by atoms with Crippen molar-refractivity contribution in [3.63, 3.8) is 0 Å². The summed E-state index contributed by atoms with van der Waals surface area (Å²) in [5, 5.41) is 7.00. The molecular formula is C21H19FN4O5S. The quantitative estimate of drug-likeness (QED) is 0.459. The van der Waals surface area contributed by atoms with E-state index in [4.69, 9.17) is 8.94 Å². The Kier molecular flexibility index (Phi) is 5.21. The van der Waals surface area contributed by atoms with Crippen molar-refractivity contribution in [2.75, 3.05) is 16.3 Å². The molecule has 0 radical (unpaired) electrons. The van der Waals surface area contributed by atoms with Crippen LogP contribution < -0.4 is 10.0 Å². The van der Waals surface area contributed by atoms with Crippen molar-refractivity contribution in [1.82, 2.24) is 10.1 Å². The second-order valence-electron chi connectivity index (χ2n) is 7.35. The summed E-state index contributed by atoms with van der Waals surface area (Å²) in [5.74, 6) is 0.0192. The number of halogens is 1. The summed E-state index contributed by atoms with van der Waals surface area (Å²) in [6.45, 7) is 5.27. The maximum atomic E-state index is 14.0. The molecule has 2 N–H and O–H groups in total. The average Bonchev–Trinajstić information content (AvgIpc) is 3.24. The Bertz CT molecular complexity index is 1470. The molecule has 32 heavy (non-hydrogen) atoms. The third kappa shape index (κ3) is 4.19. The molecule has 0 spiro atoms. The molecule has 4 aromatic rings. The molecule has 0 fully saturated rings. The van der Waals surface area contributed by atoms with Gasteiger partial charge in [-0.05, 0) is 51.1 Å². The van der Waals surface area contributed by atoms with Crippen molar-refractivity contribution in [3.05, 3.63) is 58.9 Å². The predicted octanol–water partition coefficient (Wildman–Crippen LogP) is 4.17. The van der Waals surface area contributed by atoms with E-state index in [1.807, 2.05) is 0 Å². The summed E-state index contributed by atoms with van der Waals surface area (Å²) < 4.78 is 49.9. The fraction of sp³-hybridized carbons (Fsp3) is 0.190. The Morgan fingerprint density at radius 3 is 2.53 bits per heavy atom. The van der Waals surface area contributed by atoms with Gasteiger partial charge in [0, 0.05) is 11.3 Å². The minimum Gasteiger partial charge on any atom is -0.466 e. The predicted molar refractivity (Wildman–Crippen MR) is 117 cm³/mol. The average molecular weight is 458 g/mol. The van der Waals surface area contributed by atoms with Gasteiger partial charge in [-0.3, -0.25) is 9.52 Å². The summed E-state index contributed by atoms with van der Waals surface area (Å²) in [6, 6.07) is 6.97. The van der Waals surface area contributed by atoms with Gasteiger partial charge in [0.25, 0.3) is 11.6 Å². The number of rotatable bonds is 5. The lowest BCUT2D eigenvalue weighted by molar-refractivity contribution is 0.102. The van der Waals surface area contributed by atoms with E-state index in [0.29, 0.717) is 33.9 Å². The van der Waals surface area contributed by atoms with Gasteiger partial charge in [-0.1, -0.05) is 5.16 Å². The molecule has 0 aliphatic heterocycles. The van der Waals surface area contributed by atoms with E-state index in [0.717, 1.165) is 12.3 Å². The molecule has 166 valence electrons. The van der Waals surface area contributed by atoms with Gasteiger partial charge >= 0.3 is 0 Å². The van der Waals surface area contributed by atoms with Crippen LogP contribution in [-0.4, -0.2) is 30.7 Å². The van der Waals surface area contributed by atoms with Crippen LogP contribution in [0.2, 0.25) is 0 Å². The first kappa shape index (κ1) is 21.5. The van der Waals surface area contributed by atoms with Gasteiger partial charge in [0.2, 0.25) is 10.0 Å². The zero-order chi connectivity index (χ0) is 23.2. The van der Waals surface area contributed by atoms with Crippen molar-refractivity contribution >= 4 is 38.4 Å². The van der Waals surface area contributed by atoms with Crippen molar-refractivity contribution in [2.45, 2.75) is 20.8 Å². The molecule has 1 amide bonds. The number of aromatic nitrogens is 2. The van der Waals surface area contributed by atoms with E-state index < -0.39 is 21.7 Å². The van der Waals surface area contributed by atoms with Crippen LogP contribution in [-0.2, 0) is 10.0 Å². The lowest BCUT2D eigenvalue weighted by Crippen LogP contribution is -2.15. The fourth-order valence-electron chi connectivity index (χ4n) is 3.38. The molecule has 9 nitrogen and oxygen atoms in total. The zero-order valence-electron chi connectivity index (χ0n) is 17.6. The maximum Gasteiger partial charge on any atom is 0.259 e. The number of hydrogen-bond donors (Lipinski definition) is 2. The summed E-state index contributed by atoms with van der Waals surface area (Å²) in [4.78, 5) is 17.6. The molecule has 0 aliphatic carbocycles. The second kappa shape index (κ2) is 7.75. The highest BCUT2D eigenvalue weighted by Gasteiger charge is 2.21. The number of nitrogens with one attached hydrogen (secondary N) is 2. The van der Waals surface area contributed by atoms with Crippen molar-refractivity contribution < 1.29 is 26.5 Å². The highest BCUT2D eigenvalue weighted by atomic mass is 32.2. The molecule has 0 atom stereocenters. The standard InChI is InChI=1S/C21H19FN4O5S/c1-10-7-14(12(3)30-10)17-9-15(19-11(2)25-31-21(19)24-17)20(27)23-13-5-6-16(22)18(8-13)26-32(4,28)29/h5-9,26H,1-4H3,(H,23,27). The summed E-state index contributed by atoms with van der Waals surface area (Å²) >= 11 is 0. The van der Waals surface area contributed by atoms with Gasteiger partial charge in [0.05, 0.1) is 34.3 Å². The molecule has 0 saturated carbocycles. The number of pyridine rings is 1. The molecule has 11 heteroatoms. The monoisotopic (exact) mass is 458 g/mol. The van der Waals surface area contributed by atoms with E-state index in [-0.39, 0.29) is 22.7 Å². The molecule has 0 unspecified atom stereocenters. The Hall–Kier alpha value is -3.73. The van der Waals surface area contributed by atoms with Crippen LogP contribution >= 0.6 is 0 Å². The lowest BCUT2D eigenvalue weighted by Gasteiger charge is -2.11. The maximum absolute atomic E-state index is 14.0. The summed E-state index contributed by atoms with van der Waals surface area (Å²) in [5.41, 5.74) is 1.98. The van der Waals surface area contributed by atoms with Crippen LogP contribution in [0, 0.1) is 26.6 Å². The molecule has 0 aliphatic rings. The first-order valence-corrected chi connectivity index (χ1v) is 11.3. The van der Waals surface area contributed by atoms with E-state index in [1.165, 1.54) is 12.1 Å². The van der Waals surface area contributed by atoms with Gasteiger partial charge in [-0.2, -0.15) is 0 Å². The van der Waals surface area contributed by atoms with Crippen LogP contribution in [0.4, 0.5) is 15.8 Å². The third-order valence-corrected chi connectivity index (χ3v) is 5.29. The van der Waals surface area contributed by atoms with Crippen molar-refractivity contribution in [1.29, 1.82) is 0 Å². The SMILES string of the molecule is Cc1cc(-c2cc(C(=O)Nc3ccc(F)c(NS(C)(=O)=O)c3)c3c(C)noc3n2)c(C)o1. The molecule has 3 heterocycles. The topological polar surface area (TPSA) is 127 Å². The molecule has 0 saturated heterocycles. The van der Waals surface area contributed by atoms with Crippen LogP contribution in [0.1, 0.15) is 27.6 Å². The summed E-state index contributed by atoms with van der Waals surface area (Å²) in [7, 11) is -3.70. The van der Waals surface area contributed by atoms with Gasteiger partial charge in [0.15, 0.2) is 0 Å². The van der Waals surface area contributed by atoms with Crippen molar-refractivity contribution in [3.8, 4) is 11.3 Å². The van der Waals surface area contributed by atoms with Crippen LogP contribution in [0.5, 0.6) is 0 Å². The van der Waals surface area contributed by atoms with Gasteiger partial charge in [-0.25, -0.2) is 17.8 Å².